The summed E-state index contributed by atoms with van der Waals surface area (Å²) in [6.45, 7) is 6.04. The summed E-state index contributed by atoms with van der Waals surface area (Å²) in [4.78, 5) is 11.4. The predicted molar refractivity (Wildman–Crippen MR) is 66.1 cm³/mol. The van der Waals surface area contributed by atoms with E-state index < -0.39 is 0 Å². The highest BCUT2D eigenvalue weighted by Crippen LogP contribution is 2.12. The summed E-state index contributed by atoms with van der Waals surface area (Å²) in [6.07, 6.45) is 0. The average molecular weight is 238 g/mol. The van der Waals surface area contributed by atoms with Crippen LogP contribution in [0, 0.1) is 5.82 Å². The van der Waals surface area contributed by atoms with Gasteiger partial charge in [0, 0.05) is 12.1 Å². The highest BCUT2D eigenvalue weighted by atomic mass is 19.1. The summed E-state index contributed by atoms with van der Waals surface area (Å²) in [5.74, 6) is -0.285. The highest BCUT2D eigenvalue weighted by Gasteiger charge is 2.08. The lowest BCUT2D eigenvalue weighted by Crippen LogP contribution is -2.38. The molecule has 17 heavy (non-hydrogen) atoms. The summed E-state index contributed by atoms with van der Waals surface area (Å²) in [6, 6.07) is 6.43. The first-order valence-electron chi connectivity index (χ1n) is 5.77. The van der Waals surface area contributed by atoms with Crippen molar-refractivity contribution in [2.24, 2.45) is 0 Å². The second-order valence-electron chi connectivity index (χ2n) is 4.38. The van der Waals surface area contributed by atoms with E-state index in [4.69, 9.17) is 0 Å². The molecule has 3 nitrogen and oxygen atoms in total. The van der Waals surface area contributed by atoms with Crippen molar-refractivity contribution >= 4 is 5.91 Å². The van der Waals surface area contributed by atoms with E-state index in [1.807, 2.05) is 20.8 Å². The van der Waals surface area contributed by atoms with Crippen molar-refractivity contribution in [1.82, 2.24) is 10.6 Å². The molecule has 0 saturated carbocycles. The van der Waals surface area contributed by atoms with E-state index in [0.717, 1.165) is 5.56 Å². The number of hydrogen-bond donors (Lipinski definition) is 2. The molecule has 94 valence electrons. The monoisotopic (exact) mass is 238 g/mol. The first-order chi connectivity index (χ1) is 7.99. The molecule has 0 spiro atoms. The molecule has 0 aliphatic heterocycles. The van der Waals surface area contributed by atoms with Gasteiger partial charge in [-0.25, -0.2) is 4.39 Å². The van der Waals surface area contributed by atoms with E-state index in [9.17, 15) is 9.18 Å². The Morgan fingerprint density at radius 3 is 2.35 bits per heavy atom. The normalized spacial score (nSPS) is 12.5. The Bertz CT molecular complexity index is 362. The smallest absolute Gasteiger partial charge is 0.234 e. The quantitative estimate of drug-likeness (QED) is 0.823. The van der Waals surface area contributed by atoms with E-state index in [0.29, 0.717) is 0 Å². The van der Waals surface area contributed by atoms with E-state index in [1.165, 1.54) is 12.1 Å². The maximum Gasteiger partial charge on any atom is 0.234 e. The van der Waals surface area contributed by atoms with E-state index in [1.54, 1.807) is 12.1 Å². The van der Waals surface area contributed by atoms with Crippen molar-refractivity contribution in [3.05, 3.63) is 35.6 Å². The average Bonchev–Trinajstić information content (AvgIpc) is 2.26. The number of carbonyl (C=O) groups is 1. The Morgan fingerprint density at radius 1 is 1.24 bits per heavy atom. The topological polar surface area (TPSA) is 41.1 Å². The molecule has 1 aromatic rings. The Balaban J connectivity index is 2.42. The van der Waals surface area contributed by atoms with Gasteiger partial charge in [-0.3, -0.25) is 4.79 Å². The van der Waals surface area contributed by atoms with Crippen LogP contribution in [0.2, 0.25) is 0 Å². The minimum absolute atomic E-state index is 0.0218. The fourth-order valence-electron chi connectivity index (χ4n) is 1.49. The van der Waals surface area contributed by atoms with Crippen LogP contribution in [-0.2, 0) is 4.79 Å². The third-order valence-electron chi connectivity index (χ3n) is 2.39. The predicted octanol–water partition coefficient (Wildman–Crippen LogP) is 2.00. The summed E-state index contributed by atoms with van der Waals surface area (Å²) < 4.78 is 12.7. The molecular formula is C13H19FN2O. The first-order valence-corrected chi connectivity index (χ1v) is 5.77. The molecule has 4 heteroatoms. The number of benzene rings is 1. The standard InChI is InChI=1S/C13H19FN2O/c1-9(2)16-13(17)8-15-10(3)11-4-6-12(14)7-5-11/h4-7,9-10,15H,8H2,1-3H3,(H,16,17)/t10-/m1/s1. The molecule has 0 radical (unpaired) electrons. The lowest BCUT2D eigenvalue weighted by Gasteiger charge is -2.15. The minimum atomic E-state index is -0.251. The third-order valence-corrected chi connectivity index (χ3v) is 2.39. The number of amides is 1. The number of halogens is 1. The van der Waals surface area contributed by atoms with Gasteiger partial charge in [0.05, 0.1) is 6.54 Å². The van der Waals surface area contributed by atoms with E-state index >= 15 is 0 Å². The molecule has 0 bridgehead atoms. The van der Waals surface area contributed by atoms with Crippen LogP contribution < -0.4 is 10.6 Å². The molecule has 0 aliphatic carbocycles. The van der Waals surface area contributed by atoms with Crippen molar-refractivity contribution < 1.29 is 9.18 Å². The van der Waals surface area contributed by atoms with Crippen LogP contribution in [0.15, 0.2) is 24.3 Å². The summed E-state index contributed by atoms with van der Waals surface area (Å²) in [5.41, 5.74) is 0.962. The molecule has 1 rings (SSSR count). The van der Waals surface area contributed by atoms with Crippen molar-refractivity contribution in [3.63, 3.8) is 0 Å². The van der Waals surface area contributed by atoms with E-state index in [2.05, 4.69) is 10.6 Å². The molecule has 0 unspecified atom stereocenters. The summed E-state index contributed by atoms with van der Waals surface area (Å²) >= 11 is 0. The van der Waals surface area contributed by atoms with Gasteiger partial charge in [0.1, 0.15) is 5.82 Å². The van der Waals surface area contributed by atoms with Crippen molar-refractivity contribution in [2.75, 3.05) is 6.54 Å². The van der Waals surface area contributed by atoms with Gasteiger partial charge in [0.25, 0.3) is 0 Å². The van der Waals surface area contributed by atoms with Gasteiger partial charge in [0.15, 0.2) is 0 Å². The molecule has 0 saturated heterocycles. The van der Waals surface area contributed by atoms with Gasteiger partial charge in [-0.15, -0.1) is 0 Å². The second-order valence-corrected chi connectivity index (χ2v) is 4.38. The largest absolute Gasteiger partial charge is 0.353 e. The van der Waals surface area contributed by atoms with Crippen LogP contribution in [0.1, 0.15) is 32.4 Å². The zero-order valence-corrected chi connectivity index (χ0v) is 10.5. The molecule has 0 aromatic heterocycles. The maximum atomic E-state index is 12.7. The van der Waals surface area contributed by atoms with Gasteiger partial charge in [0.2, 0.25) is 5.91 Å². The van der Waals surface area contributed by atoms with Gasteiger partial charge < -0.3 is 10.6 Å². The van der Waals surface area contributed by atoms with Crippen LogP contribution in [0.25, 0.3) is 0 Å². The fraction of sp³-hybridized carbons (Fsp3) is 0.462. The van der Waals surface area contributed by atoms with Crippen LogP contribution in [0.4, 0.5) is 4.39 Å². The molecule has 1 atom stereocenters. The summed E-state index contributed by atoms with van der Waals surface area (Å²) in [5, 5.41) is 5.89. The number of carbonyl (C=O) groups excluding carboxylic acids is 1. The molecule has 1 aromatic carbocycles. The highest BCUT2D eigenvalue weighted by molar-refractivity contribution is 5.78. The number of nitrogens with one attached hydrogen (secondary N) is 2. The van der Waals surface area contributed by atoms with Crippen molar-refractivity contribution in [2.45, 2.75) is 32.9 Å². The molecule has 0 fully saturated rings. The maximum absolute atomic E-state index is 12.7. The van der Waals surface area contributed by atoms with E-state index in [-0.39, 0.29) is 30.4 Å². The van der Waals surface area contributed by atoms with Crippen LogP contribution in [-0.4, -0.2) is 18.5 Å². The van der Waals surface area contributed by atoms with Gasteiger partial charge in [-0.05, 0) is 38.5 Å². The van der Waals surface area contributed by atoms with Crippen LogP contribution in [0.3, 0.4) is 0 Å². The van der Waals surface area contributed by atoms with Crippen molar-refractivity contribution in [1.29, 1.82) is 0 Å². The Kier molecular flexibility index (Phi) is 5.10. The Hall–Kier alpha value is -1.42. The molecular weight excluding hydrogens is 219 g/mol. The SMILES string of the molecule is CC(C)NC(=O)CN[C@H](C)c1ccc(F)cc1. The van der Waals surface area contributed by atoms with Crippen LogP contribution in [0.5, 0.6) is 0 Å². The zero-order chi connectivity index (χ0) is 12.8. The molecule has 2 N–H and O–H groups in total. The van der Waals surface area contributed by atoms with Gasteiger partial charge in [-0.1, -0.05) is 12.1 Å². The molecule has 0 aliphatic rings. The molecule has 0 heterocycles. The number of rotatable bonds is 5. The van der Waals surface area contributed by atoms with Crippen LogP contribution >= 0.6 is 0 Å². The van der Waals surface area contributed by atoms with Gasteiger partial charge in [-0.2, -0.15) is 0 Å². The fourth-order valence-corrected chi connectivity index (χ4v) is 1.49. The minimum Gasteiger partial charge on any atom is -0.353 e. The van der Waals surface area contributed by atoms with Crippen molar-refractivity contribution in [3.8, 4) is 0 Å². The number of hydrogen-bond acceptors (Lipinski definition) is 2. The zero-order valence-electron chi connectivity index (χ0n) is 10.5. The Morgan fingerprint density at radius 2 is 1.82 bits per heavy atom. The molecule has 1 amide bonds. The van der Waals surface area contributed by atoms with Gasteiger partial charge >= 0.3 is 0 Å². The second kappa shape index (κ2) is 6.35. The Labute approximate surface area is 101 Å². The lowest BCUT2D eigenvalue weighted by atomic mass is 10.1. The lowest BCUT2D eigenvalue weighted by molar-refractivity contribution is -0.120. The summed E-state index contributed by atoms with van der Waals surface area (Å²) in [7, 11) is 0. The third kappa shape index (κ3) is 4.95. The first kappa shape index (κ1) is 13.6.